The minimum Gasteiger partial charge on any atom is -0.508 e. The van der Waals surface area contributed by atoms with E-state index in [2.05, 4.69) is 20.1 Å². The fraction of sp³-hybridized carbons (Fsp3) is 0.188. The van der Waals surface area contributed by atoms with E-state index in [-0.39, 0.29) is 5.75 Å². The summed E-state index contributed by atoms with van der Waals surface area (Å²) in [5.74, 6) is 0.270. The zero-order valence-corrected chi connectivity index (χ0v) is 12.3. The first-order chi connectivity index (χ1) is 10.6. The molecular formula is C16H15N3O3. The molecule has 0 unspecified atom stereocenters. The summed E-state index contributed by atoms with van der Waals surface area (Å²) in [6.45, 7) is 4.03. The van der Waals surface area contributed by atoms with Crippen LogP contribution in [0.15, 0.2) is 46.2 Å². The Balaban J connectivity index is 1.68. The van der Waals surface area contributed by atoms with Crippen molar-refractivity contribution in [2.75, 3.05) is 0 Å². The van der Waals surface area contributed by atoms with Gasteiger partial charge in [-0.1, -0.05) is 11.2 Å². The highest BCUT2D eigenvalue weighted by Gasteiger charge is 2.04. The molecule has 0 aliphatic rings. The smallest absolute Gasteiger partial charge is 0.142 e. The summed E-state index contributed by atoms with van der Waals surface area (Å²) in [4.78, 5) is 5.38. The summed E-state index contributed by atoms with van der Waals surface area (Å²) < 4.78 is 4.65. The van der Waals surface area contributed by atoms with Crippen molar-refractivity contribution in [3.05, 3.63) is 53.1 Å². The highest BCUT2D eigenvalue weighted by Crippen LogP contribution is 2.18. The van der Waals surface area contributed by atoms with Crippen LogP contribution >= 0.6 is 0 Å². The molecule has 1 aromatic heterocycles. The fourth-order valence-corrected chi connectivity index (χ4v) is 2.05. The van der Waals surface area contributed by atoms with Crippen LogP contribution in [0.4, 0.5) is 0 Å². The number of hydrogen-bond acceptors (Lipinski definition) is 6. The summed E-state index contributed by atoms with van der Waals surface area (Å²) >= 11 is 0. The molecule has 0 saturated carbocycles. The Labute approximate surface area is 127 Å². The van der Waals surface area contributed by atoms with E-state index in [1.807, 2.05) is 38.1 Å². The molecule has 1 N–H and O–H groups in total. The largest absolute Gasteiger partial charge is 0.508 e. The van der Waals surface area contributed by atoms with Crippen molar-refractivity contribution in [1.29, 1.82) is 0 Å². The average Bonchev–Trinajstić information content (AvgIpc) is 2.97. The number of phenolic OH excluding ortho intramolecular Hbond substituents is 1. The topological polar surface area (TPSA) is 80.7 Å². The summed E-state index contributed by atoms with van der Waals surface area (Å²) in [5, 5.41) is 21.2. The Kier molecular flexibility index (Phi) is 3.74. The molecule has 1 heterocycles. The van der Waals surface area contributed by atoms with Crippen LogP contribution in [0.5, 0.6) is 5.75 Å². The number of aromatic nitrogens is 2. The second-order valence-electron chi connectivity index (χ2n) is 5.04. The zero-order valence-electron chi connectivity index (χ0n) is 12.3. The maximum Gasteiger partial charge on any atom is 0.142 e. The third kappa shape index (κ3) is 2.90. The van der Waals surface area contributed by atoms with E-state index < -0.39 is 0 Å². The monoisotopic (exact) mass is 297 g/mol. The highest BCUT2D eigenvalue weighted by molar-refractivity contribution is 5.98. The number of benzene rings is 2. The Morgan fingerprint density at radius 1 is 1.18 bits per heavy atom. The van der Waals surface area contributed by atoms with Crippen molar-refractivity contribution in [1.82, 2.24) is 10.3 Å². The maximum absolute atomic E-state index is 9.53. The van der Waals surface area contributed by atoms with Crippen LogP contribution < -0.4 is 0 Å². The predicted octanol–water partition coefficient (Wildman–Crippen LogP) is 3.18. The Hall–Kier alpha value is -2.89. The Bertz CT molecular complexity index is 840. The molecule has 0 aliphatic carbocycles. The number of aromatic hydroxyl groups is 1. The zero-order chi connectivity index (χ0) is 15.5. The number of rotatable bonds is 4. The van der Waals surface area contributed by atoms with Crippen molar-refractivity contribution in [3.63, 3.8) is 0 Å². The van der Waals surface area contributed by atoms with Gasteiger partial charge in [-0.25, -0.2) is 4.63 Å². The van der Waals surface area contributed by atoms with Gasteiger partial charge in [-0.2, -0.15) is 0 Å². The molecule has 6 nitrogen and oxygen atoms in total. The number of aryl methyl sites for hydroxylation is 1. The second-order valence-corrected chi connectivity index (χ2v) is 5.04. The van der Waals surface area contributed by atoms with Gasteiger partial charge in [0.2, 0.25) is 0 Å². The van der Waals surface area contributed by atoms with Gasteiger partial charge in [0.05, 0.1) is 5.71 Å². The maximum atomic E-state index is 9.53. The lowest BCUT2D eigenvalue weighted by atomic mass is 10.1. The second kappa shape index (κ2) is 5.85. The molecule has 0 atom stereocenters. The van der Waals surface area contributed by atoms with Gasteiger partial charge in [0.1, 0.15) is 23.4 Å². The van der Waals surface area contributed by atoms with Gasteiger partial charge < -0.3 is 9.94 Å². The average molecular weight is 297 g/mol. The van der Waals surface area contributed by atoms with Crippen molar-refractivity contribution < 1.29 is 14.6 Å². The van der Waals surface area contributed by atoms with Gasteiger partial charge in [-0.15, -0.1) is 0 Å². The first-order valence-electron chi connectivity index (χ1n) is 6.81. The molecule has 3 aromatic rings. The predicted molar refractivity (Wildman–Crippen MR) is 81.6 cm³/mol. The first kappa shape index (κ1) is 14.1. The minimum absolute atomic E-state index is 0.270. The van der Waals surface area contributed by atoms with E-state index >= 15 is 0 Å². The third-order valence-corrected chi connectivity index (χ3v) is 3.37. The van der Waals surface area contributed by atoms with E-state index in [0.29, 0.717) is 17.6 Å². The fourth-order valence-electron chi connectivity index (χ4n) is 2.05. The minimum atomic E-state index is 0.270. The Morgan fingerprint density at radius 3 is 2.82 bits per heavy atom. The summed E-state index contributed by atoms with van der Waals surface area (Å²) in [6.07, 6.45) is 0. The lowest BCUT2D eigenvalue weighted by molar-refractivity contribution is 0.130. The van der Waals surface area contributed by atoms with Crippen LogP contribution in [-0.2, 0) is 11.4 Å². The third-order valence-electron chi connectivity index (χ3n) is 3.37. The molecule has 0 spiro atoms. The van der Waals surface area contributed by atoms with Crippen LogP contribution in [0, 0.1) is 6.92 Å². The number of nitrogens with zero attached hydrogens (tertiary/aromatic N) is 3. The van der Waals surface area contributed by atoms with Crippen LogP contribution in [0.1, 0.15) is 23.6 Å². The van der Waals surface area contributed by atoms with Gasteiger partial charge in [-0.05, 0) is 71.2 Å². The number of fused-ring (bicyclic) bond motifs is 1. The Morgan fingerprint density at radius 2 is 2.00 bits per heavy atom. The van der Waals surface area contributed by atoms with Crippen molar-refractivity contribution in [3.8, 4) is 5.75 Å². The lowest BCUT2D eigenvalue weighted by Gasteiger charge is -2.05. The quantitative estimate of drug-likeness (QED) is 0.591. The standard InChI is InChI=1S/C16H15N3O3/c1-10-7-13(4-6-16(10)20)11(2)17-21-9-12-3-5-14-15(8-12)19-22-18-14/h3-8,20H,9H2,1-2H3/b17-11+. The molecule has 3 rings (SSSR count). The van der Waals surface area contributed by atoms with Crippen LogP contribution in [0.3, 0.4) is 0 Å². The van der Waals surface area contributed by atoms with Crippen molar-refractivity contribution in [2.24, 2.45) is 5.16 Å². The molecule has 0 fully saturated rings. The van der Waals surface area contributed by atoms with Crippen LogP contribution in [0.25, 0.3) is 11.0 Å². The van der Waals surface area contributed by atoms with Gasteiger partial charge >= 0.3 is 0 Å². The van der Waals surface area contributed by atoms with E-state index in [4.69, 9.17) is 4.84 Å². The molecule has 0 radical (unpaired) electrons. The van der Waals surface area contributed by atoms with Gasteiger partial charge in [-0.3, -0.25) is 0 Å². The molecule has 22 heavy (non-hydrogen) atoms. The SMILES string of the molecule is C/C(=N\OCc1ccc2nonc2c1)c1ccc(O)c(C)c1. The summed E-state index contributed by atoms with van der Waals surface area (Å²) in [6, 6.07) is 10.9. The number of oxime groups is 1. The number of hydrogen-bond donors (Lipinski definition) is 1. The lowest BCUT2D eigenvalue weighted by Crippen LogP contribution is -1.97. The van der Waals surface area contributed by atoms with E-state index in [0.717, 1.165) is 22.4 Å². The molecule has 0 saturated heterocycles. The number of phenols is 1. The molecule has 2 aromatic carbocycles. The van der Waals surface area contributed by atoms with E-state index in [1.165, 1.54) is 0 Å². The van der Waals surface area contributed by atoms with E-state index in [1.54, 1.807) is 12.1 Å². The van der Waals surface area contributed by atoms with Gasteiger partial charge in [0, 0.05) is 0 Å². The van der Waals surface area contributed by atoms with Gasteiger partial charge in [0.15, 0.2) is 0 Å². The van der Waals surface area contributed by atoms with Crippen LogP contribution in [-0.4, -0.2) is 21.1 Å². The molecule has 112 valence electrons. The van der Waals surface area contributed by atoms with Crippen molar-refractivity contribution >= 4 is 16.7 Å². The van der Waals surface area contributed by atoms with E-state index in [9.17, 15) is 5.11 Å². The molecule has 0 amide bonds. The highest BCUT2D eigenvalue weighted by atomic mass is 16.6. The van der Waals surface area contributed by atoms with Crippen LogP contribution in [0.2, 0.25) is 0 Å². The summed E-state index contributed by atoms with van der Waals surface area (Å²) in [7, 11) is 0. The molecular weight excluding hydrogens is 282 g/mol. The summed E-state index contributed by atoms with van der Waals surface area (Å²) in [5.41, 5.74) is 4.79. The van der Waals surface area contributed by atoms with Gasteiger partial charge in [0.25, 0.3) is 0 Å². The normalized spacial score (nSPS) is 11.8. The molecule has 0 aliphatic heterocycles. The molecule has 0 bridgehead atoms. The van der Waals surface area contributed by atoms with Crippen molar-refractivity contribution in [2.45, 2.75) is 20.5 Å². The first-order valence-corrected chi connectivity index (χ1v) is 6.81. The molecule has 6 heteroatoms.